The molecule has 0 amide bonds. The van der Waals surface area contributed by atoms with Gasteiger partial charge in [0, 0.05) is 23.2 Å². The minimum absolute atomic E-state index is 0.131. The van der Waals surface area contributed by atoms with Gasteiger partial charge in [-0.05, 0) is 43.6 Å². The lowest BCUT2D eigenvalue weighted by Gasteiger charge is -2.14. The first-order valence-corrected chi connectivity index (χ1v) is 9.73. The number of halogens is 4. The second-order valence-electron chi connectivity index (χ2n) is 7.14. The molecule has 4 rings (SSSR count). The number of pyridine rings is 1. The van der Waals surface area contributed by atoms with Crippen molar-refractivity contribution >= 4 is 28.5 Å². The zero-order chi connectivity index (χ0) is 21.3. The van der Waals surface area contributed by atoms with Crippen LogP contribution in [-0.4, -0.2) is 40.5 Å². The highest BCUT2D eigenvalue weighted by Crippen LogP contribution is 2.30. The number of hydrogen-bond donors (Lipinski definition) is 3. The fraction of sp³-hybridized carbons (Fsp3) is 0.368. The molecule has 3 aromatic rings. The third kappa shape index (κ3) is 4.71. The lowest BCUT2D eigenvalue weighted by Crippen LogP contribution is -2.21. The van der Waals surface area contributed by atoms with Crippen molar-refractivity contribution in [2.75, 3.05) is 25.0 Å². The number of fused-ring (bicyclic) bond motifs is 1. The summed E-state index contributed by atoms with van der Waals surface area (Å²) in [6, 6.07) is 5.48. The molecule has 30 heavy (non-hydrogen) atoms. The maximum Gasteiger partial charge on any atom is 0.573 e. The van der Waals surface area contributed by atoms with Crippen LogP contribution in [0.2, 0.25) is 5.02 Å². The Balaban J connectivity index is 1.64. The summed E-state index contributed by atoms with van der Waals surface area (Å²) in [5, 5.41) is 6.78. The molecule has 160 valence electrons. The summed E-state index contributed by atoms with van der Waals surface area (Å²) in [5.41, 5.74) is 0.654. The van der Waals surface area contributed by atoms with Crippen LogP contribution < -0.4 is 21.1 Å². The molecule has 0 saturated carbocycles. The molecule has 7 nitrogen and oxygen atoms in total. The molecule has 0 bridgehead atoms. The van der Waals surface area contributed by atoms with Crippen LogP contribution in [0.1, 0.15) is 12.0 Å². The Hall–Kier alpha value is -2.72. The Bertz CT molecular complexity index is 1110. The average Bonchev–Trinajstić information content (AvgIpc) is 3.29. The van der Waals surface area contributed by atoms with Gasteiger partial charge >= 0.3 is 12.1 Å². The number of benzene rings is 1. The highest BCUT2D eigenvalue weighted by molar-refractivity contribution is 6.30. The highest BCUT2D eigenvalue weighted by atomic mass is 35.5. The maximum absolute atomic E-state index is 12.7. The largest absolute Gasteiger partial charge is 0.573 e. The van der Waals surface area contributed by atoms with Crippen LogP contribution in [0.25, 0.3) is 11.0 Å². The van der Waals surface area contributed by atoms with Crippen LogP contribution in [0.3, 0.4) is 0 Å². The summed E-state index contributed by atoms with van der Waals surface area (Å²) in [6.07, 6.45) is -2.27. The average molecular weight is 442 g/mol. The van der Waals surface area contributed by atoms with E-state index in [9.17, 15) is 18.0 Å². The molecule has 0 spiro atoms. The summed E-state index contributed by atoms with van der Waals surface area (Å²) >= 11 is 5.96. The van der Waals surface area contributed by atoms with E-state index in [1.54, 1.807) is 6.07 Å². The smallest absolute Gasteiger partial charge is 0.405 e. The van der Waals surface area contributed by atoms with Crippen molar-refractivity contribution in [3.63, 3.8) is 0 Å². The van der Waals surface area contributed by atoms with Crippen molar-refractivity contribution in [2.24, 2.45) is 5.92 Å². The molecule has 1 saturated heterocycles. The Morgan fingerprint density at radius 3 is 2.90 bits per heavy atom. The van der Waals surface area contributed by atoms with Gasteiger partial charge in [0.25, 0.3) is 0 Å². The third-order valence-corrected chi connectivity index (χ3v) is 5.21. The first-order chi connectivity index (χ1) is 14.3. The number of nitrogens with one attached hydrogen (secondary N) is 3. The van der Waals surface area contributed by atoms with E-state index in [-0.39, 0.29) is 17.1 Å². The molecule has 0 unspecified atom stereocenters. The van der Waals surface area contributed by atoms with E-state index >= 15 is 0 Å². The van der Waals surface area contributed by atoms with Gasteiger partial charge in [-0.3, -0.25) is 4.57 Å². The van der Waals surface area contributed by atoms with E-state index in [1.165, 1.54) is 22.9 Å². The van der Waals surface area contributed by atoms with Gasteiger partial charge in [-0.2, -0.15) is 0 Å². The zero-order valence-corrected chi connectivity index (χ0v) is 16.5. The molecule has 1 aliphatic heterocycles. The first kappa shape index (κ1) is 20.5. The summed E-state index contributed by atoms with van der Waals surface area (Å²) in [5.74, 6) is 0.666. The fourth-order valence-corrected chi connectivity index (χ4v) is 3.71. The standard InChI is InChI=1S/C19H19ClF3N5O2/c20-13-1-2-16(30-19(21,22)23)12(5-13)10-28-15-6-17(25-8-11-3-4-24-7-11)26-9-14(15)27-18(28)29/h1-2,5-6,9,11,24H,3-4,7-8,10H2,(H,25,26)(H,27,29)/t11-/m1/s1. The lowest BCUT2D eigenvalue weighted by molar-refractivity contribution is -0.274. The summed E-state index contributed by atoms with van der Waals surface area (Å²) in [6.45, 7) is 2.50. The minimum atomic E-state index is -4.86. The zero-order valence-electron chi connectivity index (χ0n) is 15.7. The van der Waals surface area contributed by atoms with E-state index in [0.717, 1.165) is 32.1 Å². The highest BCUT2D eigenvalue weighted by Gasteiger charge is 2.32. The second kappa shape index (κ2) is 8.19. The van der Waals surface area contributed by atoms with Gasteiger partial charge in [-0.1, -0.05) is 11.6 Å². The van der Waals surface area contributed by atoms with Gasteiger partial charge < -0.3 is 20.4 Å². The number of hydrogen-bond acceptors (Lipinski definition) is 5. The van der Waals surface area contributed by atoms with Crippen LogP contribution in [0.4, 0.5) is 19.0 Å². The third-order valence-electron chi connectivity index (χ3n) is 4.97. The number of aromatic amines is 1. The molecule has 11 heteroatoms. The van der Waals surface area contributed by atoms with Crippen molar-refractivity contribution in [1.29, 1.82) is 0 Å². The number of alkyl halides is 3. The Kier molecular flexibility index (Phi) is 5.61. The van der Waals surface area contributed by atoms with Gasteiger partial charge in [0.1, 0.15) is 11.6 Å². The molecular formula is C19H19ClF3N5O2. The number of rotatable bonds is 6. The Morgan fingerprint density at radius 2 is 2.17 bits per heavy atom. The quantitative estimate of drug-likeness (QED) is 0.546. The normalized spacial score (nSPS) is 16.9. The summed E-state index contributed by atoms with van der Waals surface area (Å²) < 4.78 is 43.7. The van der Waals surface area contributed by atoms with E-state index < -0.39 is 17.8 Å². The molecule has 1 aromatic carbocycles. The van der Waals surface area contributed by atoms with Crippen LogP contribution >= 0.6 is 11.6 Å². The monoisotopic (exact) mass is 441 g/mol. The number of nitrogens with zero attached hydrogens (tertiary/aromatic N) is 2. The van der Waals surface area contributed by atoms with E-state index in [4.69, 9.17) is 11.6 Å². The summed E-state index contributed by atoms with van der Waals surface area (Å²) in [7, 11) is 0. The van der Waals surface area contributed by atoms with Crippen LogP contribution in [0.5, 0.6) is 5.75 Å². The van der Waals surface area contributed by atoms with Gasteiger partial charge in [-0.25, -0.2) is 9.78 Å². The molecule has 3 heterocycles. The van der Waals surface area contributed by atoms with Gasteiger partial charge in [0.15, 0.2) is 0 Å². The summed E-state index contributed by atoms with van der Waals surface area (Å²) in [4.78, 5) is 19.4. The predicted molar refractivity (Wildman–Crippen MR) is 107 cm³/mol. The minimum Gasteiger partial charge on any atom is -0.405 e. The molecule has 2 aromatic heterocycles. The second-order valence-corrected chi connectivity index (χ2v) is 7.58. The molecule has 1 aliphatic rings. The number of ether oxygens (including phenoxy) is 1. The van der Waals surface area contributed by atoms with Crippen molar-refractivity contribution < 1.29 is 17.9 Å². The SMILES string of the molecule is O=c1[nH]c2cnc(NC[C@@H]3CCNC3)cc2n1Cc1cc(Cl)ccc1OC(F)(F)F. The van der Waals surface area contributed by atoms with Crippen molar-refractivity contribution in [3.8, 4) is 5.75 Å². The van der Waals surface area contributed by atoms with Gasteiger partial charge in [-0.15, -0.1) is 13.2 Å². The lowest BCUT2D eigenvalue weighted by atomic mass is 10.1. The molecule has 3 N–H and O–H groups in total. The number of imidazole rings is 1. The molecule has 0 aliphatic carbocycles. The number of H-pyrrole nitrogens is 1. The molecule has 1 atom stereocenters. The number of aromatic nitrogens is 3. The van der Waals surface area contributed by atoms with Gasteiger partial charge in [0.05, 0.1) is 23.8 Å². The van der Waals surface area contributed by atoms with Gasteiger partial charge in [0.2, 0.25) is 0 Å². The fourth-order valence-electron chi connectivity index (χ4n) is 3.51. The van der Waals surface area contributed by atoms with E-state index in [2.05, 4.69) is 25.3 Å². The van der Waals surface area contributed by atoms with Crippen molar-refractivity contribution in [1.82, 2.24) is 19.9 Å². The van der Waals surface area contributed by atoms with Crippen LogP contribution in [0, 0.1) is 5.92 Å². The molecular weight excluding hydrogens is 423 g/mol. The predicted octanol–water partition coefficient (Wildman–Crippen LogP) is 3.35. The van der Waals surface area contributed by atoms with Crippen LogP contribution in [-0.2, 0) is 6.54 Å². The van der Waals surface area contributed by atoms with E-state index in [0.29, 0.717) is 22.8 Å². The number of anilines is 1. The van der Waals surface area contributed by atoms with Crippen LogP contribution in [0.15, 0.2) is 35.3 Å². The Morgan fingerprint density at radius 1 is 1.33 bits per heavy atom. The van der Waals surface area contributed by atoms with E-state index in [1.807, 2.05) is 0 Å². The van der Waals surface area contributed by atoms with Crippen molar-refractivity contribution in [3.05, 3.63) is 51.5 Å². The molecule has 0 radical (unpaired) electrons. The van der Waals surface area contributed by atoms with Crippen molar-refractivity contribution in [2.45, 2.75) is 19.3 Å². The topological polar surface area (TPSA) is 84.0 Å². The first-order valence-electron chi connectivity index (χ1n) is 9.36. The Labute approximate surface area is 174 Å². The molecule has 1 fully saturated rings. The maximum atomic E-state index is 12.7.